The monoisotopic (exact) mass is 209 g/mol. The van der Waals surface area contributed by atoms with Crippen molar-refractivity contribution in [2.75, 3.05) is 12.8 Å². The molecule has 0 saturated carbocycles. The molecule has 0 atom stereocenters. The summed E-state index contributed by atoms with van der Waals surface area (Å²) in [6, 6.07) is 4.85. The van der Waals surface area contributed by atoms with Crippen LogP contribution in [0.1, 0.15) is 24.2 Å². The molecule has 0 aliphatic carbocycles. The normalized spacial score (nSPS) is 10.1. The van der Waals surface area contributed by atoms with Gasteiger partial charge in [0.05, 0.1) is 13.2 Å². The van der Waals surface area contributed by atoms with Crippen LogP contribution in [0.15, 0.2) is 18.2 Å². The zero-order chi connectivity index (χ0) is 11.4. The zero-order valence-electron chi connectivity index (χ0n) is 9.11. The van der Waals surface area contributed by atoms with Crippen LogP contribution < -0.4 is 10.5 Å². The third kappa shape index (κ3) is 2.87. The van der Waals surface area contributed by atoms with E-state index in [0.717, 1.165) is 0 Å². The molecule has 0 saturated heterocycles. The highest BCUT2D eigenvalue weighted by Crippen LogP contribution is 2.23. The first kappa shape index (κ1) is 11.4. The highest BCUT2D eigenvalue weighted by molar-refractivity contribution is 5.93. The molecule has 0 aliphatic heterocycles. The summed E-state index contributed by atoms with van der Waals surface area (Å²) in [6.45, 7) is 3.76. The molecule has 0 aromatic heterocycles. The SMILES string of the molecule is COC(=O)c1ccc(N)cc1OC(C)C. The third-order valence-electron chi connectivity index (χ3n) is 1.77. The van der Waals surface area contributed by atoms with Gasteiger partial charge in [-0.2, -0.15) is 0 Å². The molecule has 0 radical (unpaired) electrons. The van der Waals surface area contributed by atoms with Gasteiger partial charge in [0.25, 0.3) is 0 Å². The highest BCUT2D eigenvalue weighted by Gasteiger charge is 2.13. The van der Waals surface area contributed by atoms with Crippen molar-refractivity contribution in [2.45, 2.75) is 20.0 Å². The van der Waals surface area contributed by atoms with Gasteiger partial charge in [0.15, 0.2) is 0 Å². The number of nitrogen functional groups attached to an aromatic ring is 1. The summed E-state index contributed by atoms with van der Waals surface area (Å²) in [5.41, 5.74) is 6.56. The first-order valence-corrected chi connectivity index (χ1v) is 4.69. The van der Waals surface area contributed by atoms with Gasteiger partial charge in [-0.3, -0.25) is 0 Å². The number of carbonyl (C=O) groups excluding carboxylic acids is 1. The number of benzene rings is 1. The van der Waals surface area contributed by atoms with Gasteiger partial charge in [-0.15, -0.1) is 0 Å². The van der Waals surface area contributed by atoms with Crippen molar-refractivity contribution >= 4 is 11.7 Å². The average Bonchev–Trinajstić information content (AvgIpc) is 2.16. The van der Waals surface area contributed by atoms with Crippen molar-refractivity contribution in [3.05, 3.63) is 23.8 Å². The average molecular weight is 209 g/mol. The maximum absolute atomic E-state index is 11.4. The predicted octanol–water partition coefficient (Wildman–Crippen LogP) is 1.84. The van der Waals surface area contributed by atoms with Crippen LogP contribution in [0.4, 0.5) is 5.69 Å². The number of nitrogens with two attached hydrogens (primary N) is 1. The molecule has 0 bridgehead atoms. The van der Waals surface area contributed by atoms with E-state index in [2.05, 4.69) is 4.74 Å². The van der Waals surface area contributed by atoms with E-state index in [4.69, 9.17) is 10.5 Å². The number of rotatable bonds is 3. The van der Waals surface area contributed by atoms with E-state index in [9.17, 15) is 4.79 Å². The third-order valence-corrected chi connectivity index (χ3v) is 1.77. The van der Waals surface area contributed by atoms with Gasteiger partial charge in [-0.25, -0.2) is 4.79 Å². The highest BCUT2D eigenvalue weighted by atomic mass is 16.5. The first-order chi connectivity index (χ1) is 7.04. The summed E-state index contributed by atoms with van der Waals surface area (Å²) in [5.74, 6) is 0.0301. The molecule has 0 spiro atoms. The van der Waals surface area contributed by atoms with Crippen molar-refractivity contribution in [1.82, 2.24) is 0 Å². The number of carbonyl (C=O) groups is 1. The van der Waals surface area contributed by atoms with Crippen LogP contribution >= 0.6 is 0 Å². The first-order valence-electron chi connectivity index (χ1n) is 4.69. The number of ether oxygens (including phenoxy) is 2. The van der Waals surface area contributed by atoms with E-state index in [-0.39, 0.29) is 6.10 Å². The summed E-state index contributed by atoms with van der Waals surface area (Å²) >= 11 is 0. The Bertz CT molecular complexity index is 361. The number of esters is 1. The van der Waals surface area contributed by atoms with Crippen molar-refractivity contribution in [2.24, 2.45) is 0 Å². The standard InChI is InChI=1S/C11H15NO3/c1-7(2)15-10-6-8(12)4-5-9(10)11(13)14-3/h4-7H,12H2,1-3H3. The number of hydrogen-bond acceptors (Lipinski definition) is 4. The van der Waals surface area contributed by atoms with Crippen LogP contribution in [0, 0.1) is 0 Å². The Balaban J connectivity index is 3.08. The fourth-order valence-electron chi connectivity index (χ4n) is 1.17. The summed E-state index contributed by atoms with van der Waals surface area (Å²) < 4.78 is 10.1. The molecule has 0 heterocycles. The molecular formula is C11H15NO3. The lowest BCUT2D eigenvalue weighted by Gasteiger charge is -2.13. The van der Waals surface area contributed by atoms with Gasteiger partial charge in [0.1, 0.15) is 11.3 Å². The Kier molecular flexibility index (Phi) is 3.55. The van der Waals surface area contributed by atoms with E-state index >= 15 is 0 Å². The summed E-state index contributed by atoms with van der Waals surface area (Å²) in [4.78, 5) is 11.4. The number of hydrogen-bond donors (Lipinski definition) is 1. The second kappa shape index (κ2) is 4.68. The quantitative estimate of drug-likeness (QED) is 0.609. The van der Waals surface area contributed by atoms with Gasteiger partial charge in [-0.05, 0) is 26.0 Å². The fraction of sp³-hybridized carbons (Fsp3) is 0.364. The molecule has 0 amide bonds. The van der Waals surface area contributed by atoms with Crippen LogP contribution in [0.25, 0.3) is 0 Å². The minimum atomic E-state index is -0.425. The largest absolute Gasteiger partial charge is 0.490 e. The van der Waals surface area contributed by atoms with Crippen LogP contribution in [0.3, 0.4) is 0 Å². The maximum atomic E-state index is 11.4. The summed E-state index contributed by atoms with van der Waals surface area (Å²) in [7, 11) is 1.33. The predicted molar refractivity (Wildman–Crippen MR) is 58.0 cm³/mol. The Hall–Kier alpha value is -1.71. The molecule has 82 valence electrons. The summed E-state index contributed by atoms with van der Waals surface area (Å²) in [5, 5.41) is 0. The lowest BCUT2D eigenvalue weighted by molar-refractivity contribution is 0.0594. The van der Waals surface area contributed by atoms with E-state index < -0.39 is 5.97 Å². The van der Waals surface area contributed by atoms with Crippen LogP contribution in [-0.4, -0.2) is 19.2 Å². The van der Waals surface area contributed by atoms with Crippen LogP contribution in [-0.2, 0) is 4.74 Å². The topological polar surface area (TPSA) is 61.5 Å². The van der Waals surface area contributed by atoms with E-state index in [1.165, 1.54) is 7.11 Å². The lowest BCUT2D eigenvalue weighted by Crippen LogP contribution is -2.11. The molecule has 4 heteroatoms. The van der Waals surface area contributed by atoms with E-state index in [1.54, 1.807) is 18.2 Å². The zero-order valence-corrected chi connectivity index (χ0v) is 9.11. The van der Waals surface area contributed by atoms with Gasteiger partial charge >= 0.3 is 5.97 Å². The lowest BCUT2D eigenvalue weighted by atomic mass is 10.2. The van der Waals surface area contributed by atoms with E-state index in [0.29, 0.717) is 17.0 Å². The molecule has 0 unspecified atom stereocenters. The number of methoxy groups -OCH3 is 1. The van der Waals surface area contributed by atoms with Crippen molar-refractivity contribution in [1.29, 1.82) is 0 Å². The van der Waals surface area contributed by atoms with Crippen molar-refractivity contribution < 1.29 is 14.3 Å². The number of anilines is 1. The summed E-state index contributed by atoms with van der Waals surface area (Å²) in [6.07, 6.45) is -0.0183. The minimum Gasteiger partial charge on any atom is -0.490 e. The molecule has 4 nitrogen and oxygen atoms in total. The molecule has 2 N–H and O–H groups in total. The second-order valence-corrected chi connectivity index (χ2v) is 3.41. The molecule has 1 aromatic carbocycles. The molecule has 1 rings (SSSR count). The Labute approximate surface area is 89.0 Å². The Morgan fingerprint density at radius 3 is 2.60 bits per heavy atom. The van der Waals surface area contributed by atoms with Gasteiger partial charge in [-0.1, -0.05) is 0 Å². The minimum absolute atomic E-state index is 0.0183. The smallest absolute Gasteiger partial charge is 0.341 e. The molecule has 1 aromatic rings. The molecular weight excluding hydrogens is 194 g/mol. The second-order valence-electron chi connectivity index (χ2n) is 3.41. The van der Waals surface area contributed by atoms with Gasteiger partial charge < -0.3 is 15.2 Å². The van der Waals surface area contributed by atoms with Crippen molar-refractivity contribution in [3.8, 4) is 5.75 Å². The Morgan fingerprint density at radius 2 is 2.07 bits per heavy atom. The Morgan fingerprint density at radius 1 is 1.40 bits per heavy atom. The fourth-order valence-corrected chi connectivity index (χ4v) is 1.17. The molecule has 0 aliphatic rings. The van der Waals surface area contributed by atoms with Crippen LogP contribution in [0.5, 0.6) is 5.75 Å². The van der Waals surface area contributed by atoms with E-state index in [1.807, 2.05) is 13.8 Å². The molecule has 0 fully saturated rings. The van der Waals surface area contributed by atoms with Gasteiger partial charge in [0.2, 0.25) is 0 Å². The van der Waals surface area contributed by atoms with Crippen molar-refractivity contribution in [3.63, 3.8) is 0 Å². The van der Waals surface area contributed by atoms with Crippen LogP contribution in [0.2, 0.25) is 0 Å². The van der Waals surface area contributed by atoms with Gasteiger partial charge in [0, 0.05) is 11.8 Å². The molecule has 15 heavy (non-hydrogen) atoms. The maximum Gasteiger partial charge on any atom is 0.341 e.